The van der Waals surface area contributed by atoms with Gasteiger partial charge in [0.2, 0.25) is 0 Å². The highest BCUT2D eigenvalue weighted by molar-refractivity contribution is 5.50. The van der Waals surface area contributed by atoms with E-state index in [1.807, 2.05) is 4.90 Å². The minimum Gasteiger partial charge on any atom is -0.366 e. The monoisotopic (exact) mass is 268 g/mol. The van der Waals surface area contributed by atoms with Gasteiger partial charge in [0.1, 0.15) is 11.6 Å². The van der Waals surface area contributed by atoms with Gasteiger partial charge in [0.15, 0.2) is 0 Å². The molecule has 4 heteroatoms. The van der Waals surface area contributed by atoms with Crippen molar-refractivity contribution in [2.75, 3.05) is 24.5 Å². The molecule has 0 radical (unpaired) electrons. The zero-order chi connectivity index (χ0) is 14.0. The molecule has 106 valence electrons. The molecule has 0 bridgehead atoms. The van der Waals surface area contributed by atoms with Gasteiger partial charge in [-0.2, -0.15) is 0 Å². The minimum atomic E-state index is -0.339. The highest BCUT2D eigenvalue weighted by Crippen LogP contribution is 2.28. The number of halogens is 2. The van der Waals surface area contributed by atoms with Crippen LogP contribution in [-0.2, 0) is 0 Å². The Bertz CT molecular complexity index is 456. The van der Waals surface area contributed by atoms with Crippen molar-refractivity contribution in [2.24, 2.45) is 0 Å². The summed E-state index contributed by atoms with van der Waals surface area (Å²) >= 11 is 0. The van der Waals surface area contributed by atoms with Gasteiger partial charge in [-0.15, -0.1) is 0 Å². The molecule has 1 heterocycles. The fourth-order valence-electron chi connectivity index (χ4n) is 2.76. The maximum Gasteiger partial charge on any atom is 0.146 e. The van der Waals surface area contributed by atoms with Crippen LogP contribution in [0.3, 0.4) is 0 Å². The van der Waals surface area contributed by atoms with Gasteiger partial charge in [-0.3, -0.25) is 0 Å². The quantitative estimate of drug-likeness (QED) is 0.905. The summed E-state index contributed by atoms with van der Waals surface area (Å²) in [6.45, 7) is 8.08. The average molecular weight is 268 g/mol. The number of aryl methyl sites for hydroxylation is 1. The third-order valence-electron chi connectivity index (χ3n) is 4.30. The Labute approximate surface area is 113 Å². The normalized spacial score (nSPS) is 18.7. The lowest BCUT2D eigenvalue weighted by Crippen LogP contribution is -2.60. The lowest BCUT2D eigenvalue weighted by molar-refractivity contribution is 0.276. The molecular formula is C15H22F2N2. The van der Waals surface area contributed by atoms with E-state index >= 15 is 0 Å². The van der Waals surface area contributed by atoms with Gasteiger partial charge >= 0.3 is 0 Å². The fraction of sp³-hybridized carbons (Fsp3) is 0.600. The van der Waals surface area contributed by atoms with E-state index in [1.54, 1.807) is 6.92 Å². The summed E-state index contributed by atoms with van der Waals surface area (Å²) in [5.74, 6) is -0.671. The molecule has 0 aliphatic carbocycles. The van der Waals surface area contributed by atoms with Crippen molar-refractivity contribution < 1.29 is 8.78 Å². The molecule has 1 aromatic rings. The van der Waals surface area contributed by atoms with E-state index < -0.39 is 0 Å². The standard InChI is InChI=1S/C15H22F2N2/c1-4-15(5-2)10-19(7-6-18-15)14-9-12(16)11(3)8-13(14)17/h8-9,18H,4-7,10H2,1-3H3. The Morgan fingerprint density at radius 1 is 1.21 bits per heavy atom. The fourth-order valence-corrected chi connectivity index (χ4v) is 2.76. The van der Waals surface area contributed by atoms with Crippen LogP contribution in [0.1, 0.15) is 32.3 Å². The number of nitrogens with one attached hydrogen (secondary N) is 1. The van der Waals surface area contributed by atoms with Gasteiger partial charge in [0.25, 0.3) is 0 Å². The number of rotatable bonds is 3. The maximum atomic E-state index is 14.0. The molecule has 2 nitrogen and oxygen atoms in total. The first-order valence-corrected chi connectivity index (χ1v) is 6.97. The van der Waals surface area contributed by atoms with Crippen LogP contribution < -0.4 is 10.2 Å². The zero-order valence-corrected chi connectivity index (χ0v) is 11.9. The predicted octanol–water partition coefficient (Wildman–Crippen LogP) is 3.24. The molecule has 1 aliphatic heterocycles. The van der Waals surface area contributed by atoms with Gasteiger partial charge in [-0.1, -0.05) is 13.8 Å². The smallest absolute Gasteiger partial charge is 0.146 e. The lowest BCUT2D eigenvalue weighted by atomic mass is 9.90. The second kappa shape index (κ2) is 5.45. The maximum absolute atomic E-state index is 14.0. The van der Waals surface area contributed by atoms with Crippen LogP contribution >= 0.6 is 0 Å². The van der Waals surface area contributed by atoms with Crippen molar-refractivity contribution in [3.63, 3.8) is 0 Å². The van der Waals surface area contributed by atoms with Gasteiger partial charge in [0.05, 0.1) is 5.69 Å². The summed E-state index contributed by atoms with van der Waals surface area (Å²) < 4.78 is 27.7. The van der Waals surface area contributed by atoms with E-state index in [-0.39, 0.29) is 17.2 Å². The minimum absolute atomic E-state index is 0.00600. The molecule has 1 saturated heterocycles. The van der Waals surface area contributed by atoms with Crippen molar-refractivity contribution >= 4 is 5.69 Å². The van der Waals surface area contributed by atoms with Gasteiger partial charge in [0, 0.05) is 31.2 Å². The van der Waals surface area contributed by atoms with Crippen molar-refractivity contribution in [2.45, 2.75) is 39.2 Å². The first-order chi connectivity index (χ1) is 9.01. The first kappa shape index (κ1) is 14.3. The summed E-state index contributed by atoms with van der Waals surface area (Å²) in [6.07, 6.45) is 1.96. The molecule has 1 aliphatic rings. The van der Waals surface area contributed by atoms with Crippen LogP contribution in [0.2, 0.25) is 0 Å². The number of hydrogen-bond acceptors (Lipinski definition) is 2. The third kappa shape index (κ3) is 2.73. The summed E-state index contributed by atoms with van der Waals surface area (Å²) in [5, 5.41) is 3.52. The second-order valence-electron chi connectivity index (χ2n) is 5.39. The molecule has 1 fully saturated rings. The molecule has 0 saturated carbocycles. The molecular weight excluding hydrogens is 246 g/mol. The van der Waals surface area contributed by atoms with Gasteiger partial charge < -0.3 is 10.2 Å². The second-order valence-corrected chi connectivity index (χ2v) is 5.39. The number of hydrogen-bond donors (Lipinski definition) is 1. The van der Waals surface area contributed by atoms with E-state index in [1.165, 1.54) is 12.1 Å². The van der Waals surface area contributed by atoms with Gasteiger partial charge in [-0.05, 0) is 31.4 Å². The molecule has 0 atom stereocenters. The Balaban J connectivity index is 2.29. The van der Waals surface area contributed by atoms with E-state index in [4.69, 9.17) is 0 Å². The third-order valence-corrected chi connectivity index (χ3v) is 4.30. The first-order valence-electron chi connectivity index (χ1n) is 6.97. The summed E-state index contributed by atoms with van der Waals surface area (Å²) in [4.78, 5) is 1.96. The molecule has 0 spiro atoms. The highest BCUT2D eigenvalue weighted by Gasteiger charge is 2.32. The summed E-state index contributed by atoms with van der Waals surface area (Å²) in [7, 11) is 0. The molecule has 0 amide bonds. The lowest BCUT2D eigenvalue weighted by Gasteiger charge is -2.44. The Kier molecular flexibility index (Phi) is 4.09. The topological polar surface area (TPSA) is 15.3 Å². The van der Waals surface area contributed by atoms with Crippen molar-refractivity contribution in [3.05, 3.63) is 29.3 Å². The Morgan fingerprint density at radius 3 is 2.53 bits per heavy atom. The molecule has 0 unspecified atom stereocenters. The molecule has 1 aromatic carbocycles. The zero-order valence-electron chi connectivity index (χ0n) is 11.9. The van der Waals surface area contributed by atoms with E-state index in [0.717, 1.165) is 25.9 Å². The number of anilines is 1. The van der Waals surface area contributed by atoms with Crippen LogP contribution in [0.5, 0.6) is 0 Å². The van der Waals surface area contributed by atoms with E-state index in [0.29, 0.717) is 17.8 Å². The largest absolute Gasteiger partial charge is 0.366 e. The van der Waals surface area contributed by atoms with E-state index in [9.17, 15) is 8.78 Å². The van der Waals surface area contributed by atoms with Gasteiger partial charge in [-0.25, -0.2) is 8.78 Å². The molecule has 0 aromatic heterocycles. The Hall–Kier alpha value is -1.16. The summed E-state index contributed by atoms with van der Waals surface area (Å²) in [6, 6.07) is 2.61. The van der Waals surface area contributed by atoms with Crippen LogP contribution in [-0.4, -0.2) is 25.2 Å². The highest BCUT2D eigenvalue weighted by atomic mass is 19.1. The van der Waals surface area contributed by atoms with Crippen molar-refractivity contribution in [1.29, 1.82) is 0 Å². The van der Waals surface area contributed by atoms with Crippen LogP contribution in [0.4, 0.5) is 14.5 Å². The van der Waals surface area contributed by atoms with Crippen LogP contribution in [0.15, 0.2) is 12.1 Å². The van der Waals surface area contributed by atoms with E-state index in [2.05, 4.69) is 19.2 Å². The predicted molar refractivity (Wildman–Crippen MR) is 74.6 cm³/mol. The van der Waals surface area contributed by atoms with Crippen molar-refractivity contribution in [1.82, 2.24) is 5.32 Å². The Morgan fingerprint density at radius 2 is 1.89 bits per heavy atom. The number of benzene rings is 1. The molecule has 2 rings (SSSR count). The molecule has 1 N–H and O–H groups in total. The number of piperazine rings is 1. The van der Waals surface area contributed by atoms with Crippen LogP contribution in [0, 0.1) is 18.6 Å². The number of nitrogens with zero attached hydrogens (tertiary/aromatic N) is 1. The van der Waals surface area contributed by atoms with Crippen molar-refractivity contribution in [3.8, 4) is 0 Å². The molecule has 19 heavy (non-hydrogen) atoms. The summed E-state index contributed by atoms with van der Waals surface area (Å²) in [5.41, 5.74) is 0.746. The SMILES string of the molecule is CCC1(CC)CN(c2cc(F)c(C)cc2F)CCN1. The van der Waals surface area contributed by atoms with Crippen LogP contribution in [0.25, 0.3) is 0 Å². The average Bonchev–Trinajstić information content (AvgIpc) is 2.43.